The van der Waals surface area contributed by atoms with E-state index in [2.05, 4.69) is 10.2 Å². The Hall–Kier alpha value is -1.32. The van der Waals surface area contributed by atoms with Crippen molar-refractivity contribution in [3.63, 3.8) is 0 Å². The van der Waals surface area contributed by atoms with Crippen LogP contribution in [-0.2, 0) is 0 Å². The largest absolute Gasteiger partial charge is 0.268 e. The topological polar surface area (TPSA) is 45.8 Å². The van der Waals surface area contributed by atoms with Crippen LogP contribution >= 0.6 is 23.2 Å². The van der Waals surface area contributed by atoms with E-state index in [1.165, 1.54) is 0 Å². The Bertz CT molecular complexity index is 635. The number of nitrogens with one attached hydrogen (secondary N) is 1. The zero-order valence-corrected chi connectivity index (χ0v) is 10.9. The third-order valence-corrected chi connectivity index (χ3v) is 3.55. The SMILES string of the molecule is Cc1c(-c2cccc(Cl)c2Cl)n[nH]c(=O)c1C. The lowest BCUT2D eigenvalue weighted by molar-refractivity contribution is 0.959. The minimum absolute atomic E-state index is 0.190. The Labute approximate surface area is 108 Å². The van der Waals surface area contributed by atoms with Gasteiger partial charge in [-0.05, 0) is 25.5 Å². The first-order chi connectivity index (χ1) is 8.02. The number of aromatic nitrogens is 2. The van der Waals surface area contributed by atoms with E-state index in [9.17, 15) is 4.79 Å². The third kappa shape index (κ3) is 2.08. The number of hydrogen-bond acceptors (Lipinski definition) is 2. The first-order valence-corrected chi connectivity index (χ1v) is 5.78. The Morgan fingerprint density at radius 2 is 1.88 bits per heavy atom. The molecule has 0 radical (unpaired) electrons. The number of H-pyrrole nitrogens is 1. The van der Waals surface area contributed by atoms with E-state index < -0.39 is 0 Å². The first-order valence-electron chi connectivity index (χ1n) is 5.02. The summed E-state index contributed by atoms with van der Waals surface area (Å²) in [4.78, 5) is 11.4. The summed E-state index contributed by atoms with van der Waals surface area (Å²) in [6.07, 6.45) is 0. The summed E-state index contributed by atoms with van der Waals surface area (Å²) < 4.78 is 0. The van der Waals surface area contributed by atoms with Crippen molar-refractivity contribution < 1.29 is 0 Å². The smallest absolute Gasteiger partial charge is 0.267 e. The summed E-state index contributed by atoms with van der Waals surface area (Å²) >= 11 is 12.1. The Balaban J connectivity index is 2.74. The molecule has 0 spiro atoms. The number of aromatic amines is 1. The molecule has 17 heavy (non-hydrogen) atoms. The zero-order valence-electron chi connectivity index (χ0n) is 9.34. The second-order valence-electron chi connectivity index (χ2n) is 3.75. The molecule has 1 heterocycles. The van der Waals surface area contributed by atoms with Crippen LogP contribution in [0.1, 0.15) is 11.1 Å². The molecule has 2 aromatic rings. The van der Waals surface area contributed by atoms with Gasteiger partial charge in [-0.3, -0.25) is 4.79 Å². The minimum Gasteiger partial charge on any atom is -0.268 e. The van der Waals surface area contributed by atoms with Gasteiger partial charge in [-0.25, -0.2) is 5.10 Å². The normalized spacial score (nSPS) is 10.6. The van der Waals surface area contributed by atoms with Crippen LogP contribution in [0.4, 0.5) is 0 Å². The highest BCUT2D eigenvalue weighted by Crippen LogP contribution is 2.33. The van der Waals surface area contributed by atoms with Crippen molar-refractivity contribution >= 4 is 23.2 Å². The van der Waals surface area contributed by atoms with E-state index in [0.29, 0.717) is 21.3 Å². The van der Waals surface area contributed by atoms with Gasteiger partial charge in [0.25, 0.3) is 5.56 Å². The lowest BCUT2D eigenvalue weighted by atomic mass is 10.0. The predicted octanol–water partition coefficient (Wildman–Crippen LogP) is 3.36. The van der Waals surface area contributed by atoms with Crippen LogP contribution in [-0.4, -0.2) is 10.2 Å². The van der Waals surface area contributed by atoms with Crippen LogP contribution in [0, 0.1) is 13.8 Å². The van der Waals surface area contributed by atoms with Crippen LogP contribution < -0.4 is 5.56 Å². The highest BCUT2D eigenvalue weighted by atomic mass is 35.5. The molecule has 0 aliphatic heterocycles. The summed E-state index contributed by atoms with van der Waals surface area (Å²) in [7, 11) is 0. The van der Waals surface area contributed by atoms with Crippen molar-refractivity contribution in [2.24, 2.45) is 0 Å². The second kappa shape index (κ2) is 4.51. The lowest BCUT2D eigenvalue weighted by Crippen LogP contribution is -2.14. The second-order valence-corrected chi connectivity index (χ2v) is 4.54. The highest BCUT2D eigenvalue weighted by Gasteiger charge is 2.13. The monoisotopic (exact) mass is 268 g/mol. The summed E-state index contributed by atoms with van der Waals surface area (Å²) in [5.74, 6) is 0. The van der Waals surface area contributed by atoms with Crippen LogP contribution in [0.2, 0.25) is 10.0 Å². The van der Waals surface area contributed by atoms with Crippen molar-refractivity contribution in [3.8, 4) is 11.3 Å². The van der Waals surface area contributed by atoms with Crippen molar-refractivity contribution in [2.45, 2.75) is 13.8 Å². The van der Waals surface area contributed by atoms with Crippen LogP contribution in [0.3, 0.4) is 0 Å². The third-order valence-electron chi connectivity index (χ3n) is 2.73. The van der Waals surface area contributed by atoms with E-state index >= 15 is 0 Å². The molecule has 0 saturated carbocycles. The Morgan fingerprint density at radius 3 is 2.59 bits per heavy atom. The lowest BCUT2D eigenvalue weighted by Gasteiger charge is -2.09. The summed E-state index contributed by atoms with van der Waals surface area (Å²) in [5, 5.41) is 7.38. The molecule has 5 heteroatoms. The molecular formula is C12H10Cl2N2O. The van der Waals surface area contributed by atoms with Crippen LogP contribution in [0.5, 0.6) is 0 Å². The fourth-order valence-electron chi connectivity index (χ4n) is 1.57. The maximum atomic E-state index is 11.4. The minimum atomic E-state index is -0.190. The van der Waals surface area contributed by atoms with E-state index in [1.54, 1.807) is 19.1 Å². The molecule has 1 N–H and O–H groups in total. The summed E-state index contributed by atoms with van der Waals surface area (Å²) in [6, 6.07) is 5.33. The van der Waals surface area contributed by atoms with Gasteiger partial charge in [0, 0.05) is 11.1 Å². The maximum absolute atomic E-state index is 11.4. The van der Waals surface area contributed by atoms with Gasteiger partial charge in [0.1, 0.15) is 0 Å². The van der Waals surface area contributed by atoms with Gasteiger partial charge in [-0.1, -0.05) is 35.3 Å². The number of benzene rings is 1. The average Bonchev–Trinajstić information content (AvgIpc) is 2.31. The molecule has 0 unspecified atom stereocenters. The molecule has 88 valence electrons. The maximum Gasteiger partial charge on any atom is 0.267 e. The molecule has 0 aliphatic carbocycles. The molecule has 0 atom stereocenters. The van der Waals surface area contributed by atoms with Gasteiger partial charge in [0.05, 0.1) is 15.7 Å². The highest BCUT2D eigenvalue weighted by molar-refractivity contribution is 6.43. The molecular weight excluding hydrogens is 259 g/mol. The van der Waals surface area contributed by atoms with Crippen molar-refractivity contribution in [1.29, 1.82) is 0 Å². The average molecular weight is 269 g/mol. The Morgan fingerprint density at radius 1 is 1.18 bits per heavy atom. The fraction of sp³-hybridized carbons (Fsp3) is 0.167. The van der Waals surface area contributed by atoms with E-state index in [1.807, 2.05) is 13.0 Å². The van der Waals surface area contributed by atoms with Crippen LogP contribution in [0.15, 0.2) is 23.0 Å². The Kier molecular flexibility index (Phi) is 3.22. The number of halogens is 2. The molecule has 2 rings (SSSR count). The van der Waals surface area contributed by atoms with Crippen LogP contribution in [0.25, 0.3) is 11.3 Å². The van der Waals surface area contributed by atoms with Gasteiger partial charge < -0.3 is 0 Å². The number of rotatable bonds is 1. The van der Waals surface area contributed by atoms with Gasteiger partial charge in [0.2, 0.25) is 0 Å². The van der Waals surface area contributed by atoms with Crippen molar-refractivity contribution in [1.82, 2.24) is 10.2 Å². The van der Waals surface area contributed by atoms with Gasteiger partial charge in [0.15, 0.2) is 0 Å². The van der Waals surface area contributed by atoms with Gasteiger partial charge >= 0.3 is 0 Å². The molecule has 1 aromatic heterocycles. The fourth-order valence-corrected chi connectivity index (χ4v) is 1.96. The molecule has 0 saturated heterocycles. The first kappa shape index (κ1) is 12.1. The molecule has 0 aliphatic rings. The molecule has 0 fully saturated rings. The molecule has 1 aromatic carbocycles. The van der Waals surface area contributed by atoms with E-state index in [0.717, 1.165) is 11.1 Å². The van der Waals surface area contributed by atoms with Gasteiger partial charge in [-0.2, -0.15) is 5.10 Å². The number of nitrogens with zero attached hydrogens (tertiary/aromatic N) is 1. The summed E-state index contributed by atoms with van der Waals surface area (Å²) in [6.45, 7) is 3.59. The van der Waals surface area contributed by atoms with Crippen molar-refractivity contribution in [3.05, 3.63) is 49.7 Å². The summed E-state index contributed by atoms with van der Waals surface area (Å²) in [5.41, 5.74) is 2.61. The number of hydrogen-bond donors (Lipinski definition) is 1. The van der Waals surface area contributed by atoms with Crippen molar-refractivity contribution in [2.75, 3.05) is 0 Å². The molecule has 3 nitrogen and oxygen atoms in total. The predicted molar refractivity (Wildman–Crippen MR) is 69.8 cm³/mol. The van der Waals surface area contributed by atoms with Gasteiger partial charge in [-0.15, -0.1) is 0 Å². The molecule has 0 bridgehead atoms. The quantitative estimate of drug-likeness (QED) is 0.862. The molecule has 0 amide bonds. The van der Waals surface area contributed by atoms with E-state index in [-0.39, 0.29) is 5.56 Å². The standard InChI is InChI=1S/C12H10Cl2N2O/c1-6-7(2)12(17)16-15-11(6)8-4-3-5-9(13)10(8)14/h3-5H,1-2H3,(H,16,17). The van der Waals surface area contributed by atoms with E-state index in [4.69, 9.17) is 23.2 Å². The zero-order chi connectivity index (χ0) is 12.6.